The maximum absolute atomic E-state index is 14.3. The third kappa shape index (κ3) is 6.28. The summed E-state index contributed by atoms with van der Waals surface area (Å²) in [7, 11) is 0. The number of likely N-dealkylation sites (tertiary alicyclic amines) is 1. The molecule has 3 rings (SSSR count). The third-order valence-corrected chi connectivity index (χ3v) is 6.93. The molecule has 31 heavy (non-hydrogen) atoms. The lowest BCUT2D eigenvalue weighted by Crippen LogP contribution is -2.47. The van der Waals surface area contributed by atoms with Crippen LogP contribution in [0.15, 0.2) is 18.2 Å². The van der Waals surface area contributed by atoms with Crippen LogP contribution < -0.4 is 10.6 Å². The number of carbonyl (C=O) groups is 2. The summed E-state index contributed by atoms with van der Waals surface area (Å²) in [5, 5.41) is 5.77. The number of piperidine rings is 1. The van der Waals surface area contributed by atoms with E-state index < -0.39 is 0 Å². The van der Waals surface area contributed by atoms with E-state index in [-0.39, 0.29) is 38.4 Å². The zero-order valence-corrected chi connectivity index (χ0v) is 19.5. The van der Waals surface area contributed by atoms with E-state index in [9.17, 15) is 14.0 Å². The monoisotopic (exact) mass is 435 g/mol. The van der Waals surface area contributed by atoms with Crippen molar-refractivity contribution in [1.82, 2.24) is 15.5 Å². The van der Waals surface area contributed by atoms with Gasteiger partial charge in [-0.3, -0.25) is 9.59 Å². The number of nitrogens with one attached hydrogen (secondary N) is 2. The lowest BCUT2D eigenvalue weighted by molar-refractivity contribution is -0.122. The minimum absolute atomic E-state index is 0. The average Bonchev–Trinajstić information content (AvgIpc) is 2.69. The number of carbonyl (C=O) groups excluding carboxylic acids is 2. The molecule has 1 saturated heterocycles. The van der Waals surface area contributed by atoms with Gasteiger partial charge >= 0.3 is 0 Å². The fourth-order valence-corrected chi connectivity index (χ4v) is 4.99. The molecule has 0 radical (unpaired) electrons. The molecule has 0 aromatic heterocycles. The molecule has 2 amide bonds. The fourth-order valence-electron chi connectivity index (χ4n) is 4.99. The summed E-state index contributed by atoms with van der Waals surface area (Å²) in [5.41, 5.74) is 2.48. The third-order valence-electron chi connectivity index (χ3n) is 6.93. The molecule has 1 aromatic rings. The summed E-state index contributed by atoms with van der Waals surface area (Å²) in [6, 6.07) is 4.98. The normalized spacial score (nSPS) is 20.9. The lowest BCUT2D eigenvalue weighted by atomic mass is 9.63. The Morgan fingerprint density at radius 3 is 2.58 bits per heavy atom. The van der Waals surface area contributed by atoms with Gasteiger partial charge < -0.3 is 15.5 Å². The highest BCUT2D eigenvalue weighted by atomic mass is 19.1. The molecule has 1 heterocycles. The number of hydrogen-bond acceptors (Lipinski definition) is 3. The first-order chi connectivity index (χ1) is 14.6. The minimum Gasteiger partial charge on any atom is -0.356 e. The molecular weight excluding hydrogens is 393 g/mol. The molecule has 0 bridgehead atoms. The maximum atomic E-state index is 14.3. The predicted octanol–water partition coefficient (Wildman–Crippen LogP) is 4.56. The summed E-state index contributed by atoms with van der Waals surface area (Å²) >= 11 is 0. The fraction of sp³-hybridized carbons (Fsp3) is 0.680. The Hall–Kier alpha value is -1.95. The van der Waals surface area contributed by atoms with Crippen molar-refractivity contribution in [3.63, 3.8) is 0 Å². The molecule has 1 aliphatic heterocycles. The minimum atomic E-state index is -0.203. The SMILES string of the molecule is CC(=O)NCCC(=O)N[C@H]1CCC2(CCN(CCC(C)(C)C)CC2)c2cc(F)ccc21.[HH].[HH]. The molecule has 176 valence electrons. The van der Waals surface area contributed by atoms with E-state index in [2.05, 4.69) is 36.3 Å². The van der Waals surface area contributed by atoms with E-state index in [4.69, 9.17) is 0 Å². The molecule has 0 unspecified atom stereocenters. The largest absolute Gasteiger partial charge is 0.356 e. The number of rotatable bonds is 6. The smallest absolute Gasteiger partial charge is 0.222 e. The molecule has 5 nitrogen and oxygen atoms in total. The van der Waals surface area contributed by atoms with Crippen LogP contribution in [-0.4, -0.2) is 42.9 Å². The quantitative estimate of drug-likeness (QED) is 0.688. The summed E-state index contributed by atoms with van der Waals surface area (Å²) in [6.45, 7) is 11.8. The van der Waals surface area contributed by atoms with Crippen molar-refractivity contribution in [3.8, 4) is 0 Å². The molecule has 2 N–H and O–H groups in total. The van der Waals surface area contributed by atoms with Crippen molar-refractivity contribution >= 4 is 11.8 Å². The van der Waals surface area contributed by atoms with Gasteiger partial charge in [-0.25, -0.2) is 4.39 Å². The number of amides is 2. The Labute approximate surface area is 189 Å². The maximum Gasteiger partial charge on any atom is 0.222 e. The van der Waals surface area contributed by atoms with Gasteiger partial charge in [0.2, 0.25) is 11.8 Å². The summed E-state index contributed by atoms with van der Waals surface area (Å²) in [5.74, 6) is -0.421. The molecule has 1 atom stereocenters. The van der Waals surface area contributed by atoms with Crippen LogP contribution in [0, 0.1) is 11.2 Å². The number of halogens is 1. The number of fused-ring (bicyclic) bond motifs is 2. The van der Waals surface area contributed by atoms with E-state index in [0.717, 1.165) is 56.4 Å². The van der Waals surface area contributed by atoms with Crippen molar-refractivity contribution in [2.75, 3.05) is 26.2 Å². The Balaban J connectivity index is 0.00000272. The second-order valence-corrected chi connectivity index (χ2v) is 10.6. The van der Waals surface area contributed by atoms with Crippen LogP contribution in [0.2, 0.25) is 0 Å². The van der Waals surface area contributed by atoms with Crippen molar-refractivity contribution in [1.29, 1.82) is 0 Å². The van der Waals surface area contributed by atoms with Crippen LogP contribution in [0.4, 0.5) is 4.39 Å². The Bertz CT molecular complexity index is 805. The van der Waals surface area contributed by atoms with Crippen LogP contribution in [-0.2, 0) is 15.0 Å². The van der Waals surface area contributed by atoms with Crippen LogP contribution in [0.1, 0.15) is 86.2 Å². The molecule has 1 spiro atoms. The van der Waals surface area contributed by atoms with Gasteiger partial charge in [0, 0.05) is 22.7 Å². The summed E-state index contributed by atoms with van der Waals surface area (Å²) in [6.07, 6.45) is 5.34. The van der Waals surface area contributed by atoms with Gasteiger partial charge in [-0.15, -0.1) is 0 Å². The van der Waals surface area contributed by atoms with Gasteiger partial charge in [0.25, 0.3) is 0 Å². The average molecular weight is 436 g/mol. The van der Waals surface area contributed by atoms with Crippen LogP contribution >= 0.6 is 0 Å². The Morgan fingerprint density at radius 1 is 1.23 bits per heavy atom. The molecule has 2 aliphatic rings. The van der Waals surface area contributed by atoms with Crippen LogP contribution in [0.25, 0.3) is 0 Å². The van der Waals surface area contributed by atoms with Crippen molar-refractivity contribution in [2.24, 2.45) is 5.41 Å². The number of hydrogen-bond donors (Lipinski definition) is 2. The number of benzene rings is 1. The molecular formula is C25H42FN3O2. The van der Waals surface area contributed by atoms with Gasteiger partial charge in [-0.1, -0.05) is 26.8 Å². The molecule has 1 aliphatic carbocycles. The zero-order chi connectivity index (χ0) is 22.6. The van der Waals surface area contributed by atoms with Gasteiger partial charge in [-0.05, 0) is 85.8 Å². The Morgan fingerprint density at radius 2 is 1.94 bits per heavy atom. The first kappa shape index (κ1) is 23.7. The number of nitrogens with zero attached hydrogens (tertiary/aromatic N) is 1. The predicted molar refractivity (Wildman–Crippen MR) is 125 cm³/mol. The first-order valence-electron chi connectivity index (χ1n) is 11.6. The summed E-state index contributed by atoms with van der Waals surface area (Å²) < 4.78 is 14.3. The molecule has 6 heteroatoms. The van der Waals surface area contributed by atoms with Gasteiger partial charge in [-0.2, -0.15) is 0 Å². The Kier molecular flexibility index (Phi) is 7.40. The van der Waals surface area contributed by atoms with Gasteiger partial charge in [0.05, 0.1) is 6.04 Å². The lowest BCUT2D eigenvalue weighted by Gasteiger charge is -2.47. The van der Waals surface area contributed by atoms with Crippen LogP contribution in [0.3, 0.4) is 0 Å². The van der Waals surface area contributed by atoms with E-state index in [1.807, 2.05) is 6.07 Å². The van der Waals surface area contributed by atoms with Crippen molar-refractivity contribution in [3.05, 3.63) is 35.1 Å². The van der Waals surface area contributed by atoms with E-state index in [0.29, 0.717) is 12.0 Å². The standard InChI is InChI=1S/C25H38FN3O2.2H2/c1-18(30)27-13-8-23(31)28-22-7-9-25(21-17-19(26)5-6-20(21)22)11-15-29(16-12-25)14-10-24(2,3)4;;/h5-6,17,22H,7-16H2,1-4H3,(H,27,30)(H,28,31);2*1H/t22-;;/m0../s1. The van der Waals surface area contributed by atoms with Gasteiger partial charge in [0.15, 0.2) is 0 Å². The molecule has 1 aromatic carbocycles. The van der Waals surface area contributed by atoms with Gasteiger partial charge in [0.1, 0.15) is 5.82 Å². The first-order valence-corrected chi connectivity index (χ1v) is 11.6. The van der Waals surface area contributed by atoms with E-state index in [1.165, 1.54) is 19.4 Å². The molecule has 1 fully saturated rings. The summed E-state index contributed by atoms with van der Waals surface area (Å²) in [4.78, 5) is 26.0. The topological polar surface area (TPSA) is 61.4 Å². The molecule has 0 saturated carbocycles. The highest BCUT2D eigenvalue weighted by Crippen LogP contribution is 2.48. The van der Waals surface area contributed by atoms with Crippen molar-refractivity contribution in [2.45, 2.75) is 77.7 Å². The second-order valence-electron chi connectivity index (χ2n) is 10.6. The van der Waals surface area contributed by atoms with E-state index >= 15 is 0 Å². The highest BCUT2D eigenvalue weighted by Gasteiger charge is 2.42. The van der Waals surface area contributed by atoms with E-state index in [1.54, 1.807) is 6.07 Å². The second kappa shape index (κ2) is 9.68. The zero-order valence-electron chi connectivity index (χ0n) is 19.5. The van der Waals surface area contributed by atoms with Crippen molar-refractivity contribution < 1.29 is 16.8 Å². The highest BCUT2D eigenvalue weighted by molar-refractivity contribution is 5.78. The van der Waals surface area contributed by atoms with Crippen LogP contribution in [0.5, 0.6) is 0 Å².